The second-order valence-corrected chi connectivity index (χ2v) is 12.6. The van der Waals surface area contributed by atoms with E-state index in [0.717, 1.165) is 17.0 Å². The van der Waals surface area contributed by atoms with Gasteiger partial charge in [0.1, 0.15) is 17.3 Å². The molecule has 3 fully saturated rings. The molecule has 0 bridgehead atoms. The van der Waals surface area contributed by atoms with Crippen LogP contribution in [-0.4, -0.2) is 49.4 Å². The smallest absolute Gasteiger partial charge is 0.328 e. The predicted octanol–water partition coefficient (Wildman–Crippen LogP) is 3.52. The molecule has 2 aliphatic carbocycles. The summed E-state index contributed by atoms with van der Waals surface area (Å²) in [4.78, 5) is 64.1. The quantitative estimate of drug-likeness (QED) is 0.295. The number of hydrogen-bond donors (Lipinski definition) is 2. The van der Waals surface area contributed by atoms with Gasteiger partial charge in [0.05, 0.1) is 23.8 Å². The Balaban J connectivity index is 1.41. The number of fused-ring (bicyclic) bond motifs is 5. The third kappa shape index (κ3) is 3.55. The van der Waals surface area contributed by atoms with Gasteiger partial charge in [-0.25, -0.2) is 14.1 Å². The van der Waals surface area contributed by atoms with Gasteiger partial charge < -0.3 is 15.6 Å². The van der Waals surface area contributed by atoms with Crippen LogP contribution in [0.4, 0.5) is 14.9 Å². The van der Waals surface area contributed by atoms with Gasteiger partial charge in [0.15, 0.2) is 9.75 Å². The van der Waals surface area contributed by atoms with E-state index in [1.807, 2.05) is 0 Å². The number of anilines is 1. The predicted molar refractivity (Wildman–Crippen MR) is 149 cm³/mol. The lowest BCUT2D eigenvalue weighted by Gasteiger charge is -2.51. The van der Waals surface area contributed by atoms with Crippen molar-refractivity contribution in [2.75, 3.05) is 4.90 Å². The molecule has 3 N–H and O–H groups in total. The number of imide groups is 4. The highest BCUT2D eigenvalue weighted by Crippen LogP contribution is 2.65. The van der Waals surface area contributed by atoms with Crippen molar-refractivity contribution >= 4 is 58.5 Å². The summed E-state index contributed by atoms with van der Waals surface area (Å²) in [6, 6.07) is 8.02. The Labute approximate surface area is 253 Å². The summed E-state index contributed by atoms with van der Waals surface area (Å²) < 4.78 is 19.6. The summed E-state index contributed by atoms with van der Waals surface area (Å²) in [5.41, 5.74) is 6.94. The van der Waals surface area contributed by atoms with E-state index in [-0.39, 0.29) is 30.7 Å². The van der Waals surface area contributed by atoms with Crippen LogP contribution in [0.25, 0.3) is 0 Å². The highest BCUT2D eigenvalue weighted by atomic mass is 35.5. The van der Waals surface area contributed by atoms with E-state index in [4.69, 9.17) is 33.7 Å². The maximum atomic E-state index is 14.3. The summed E-state index contributed by atoms with van der Waals surface area (Å²) in [7, 11) is 0. The fourth-order valence-corrected chi connectivity index (χ4v) is 8.38. The van der Waals surface area contributed by atoms with Crippen LogP contribution in [0.5, 0.6) is 11.5 Å². The molecule has 3 heterocycles. The van der Waals surface area contributed by atoms with Crippen LogP contribution >= 0.6 is 23.2 Å². The van der Waals surface area contributed by atoms with Gasteiger partial charge in [-0.15, -0.1) is 23.2 Å². The first kappa shape index (κ1) is 27.6. The van der Waals surface area contributed by atoms with E-state index in [2.05, 4.69) is 0 Å². The summed E-state index contributed by atoms with van der Waals surface area (Å²) in [6.45, 7) is 0. The van der Waals surface area contributed by atoms with Gasteiger partial charge in [0.25, 0.3) is 11.8 Å². The van der Waals surface area contributed by atoms with Crippen LogP contribution in [0.2, 0.25) is 0 Å². The second-order valence-electron chi connectivity index (χ2n) is 11.4. The van der Waals surface area contributed by atoms with Gasteiger partial charge in [0.2, 0.25) is 11.8 Å². The number of carbonyl (C=O) groups is 5. The molecule has 0 spiro atoms. The van der Waals surface area contributed by atoms with Crippen LogP contribution < -0.4 is 15.4 Å². The van der Waals surface area contributed by atoms with Gasteiger partial charge in [-0.3, -0.25) is 19.2 Å². The van der Waals surface area contributed by atoms with Crippen molar-refractivity contribution in [2.45, 2.75) is 29.0 Å². The van der Waals surface area contributed by atoms with E-state index in [1.165, 1.54) is 30.5 Å². The molecular weight excluding hydrogens is 604 g/mol. The van der Waals surface area contributed by atoms with Crippen LogP contribution in [-0.2, 0) is 25.6 Å². The number of aromatic hydroxyl groups is 1. The zero-order valence-electron chi connectivity index (χ0n) is 22.1. The molecule has 6 amide bonds. The van der Waals surface area contributed by atoms with Crippen molar-refractivity contribution in [3.05, 3.63) is 77.3 Å². The summed E-state index contributed by atoms with van der Waals surface area (Å²) in [5.74, 6) is -7.39. The van der Waals surface area contributed by atoms with E-state index in [1.54, 1.807) is 12.1 Å². The molecule has 10 nitrogen and oxygen atoms in total. The monoisotopic (exact) mass is 625 g/mol. The zero-order chi connectivity index (χ0) is 30.6. The molecule has 2 saturated heterocycles. The molecule has 3 aliphatic heterocycles. The number of likely N-dealkylation sites (tertiary alicyclic amines) is 1. The number of phenolic OH excluding ortho intramolecular Hbond substituents is 1. The number of halogens is 3. The molecule has 0 aromatic heterocycles. The molecule has 5 aliphatic rings. The number of phenols is 1. The van der Waals surface area contributed by atoms with Gasteiger partial charge in [0, 0.05) is 17.9 Å². The third-order valence-corrected chi connectivity index (χ3v) is 10.7. The lowest BCUT2D eigenvalue weighted by atomic mass is 9.56. The number of nitrogens with two attached hydrogens (primary N) is 1. The number of primary amides is 1. The normalized spacial score (nSPS) is 32.8. The van der Waals surface area contributed by atoms with Crippen LogP contribution in [0, 0.1) is 29.5 Å². The highest BCUT2D eigenvalue weighted by Gasteiger charge is 2.77. The number of hydrogen-bond acceptors (Lipinski definition) is 7. The first-order valence-corrected chi connectivity index (χ1v) is 14.2. The fraction of sp³-hybridized carbons (Fsp3) is 0.300. The molecule has 13 heteroatoms. The number of ether oxygens (including phenoxy) is 1. The number of allylic oxidation sites excluding steroid dienone is 3. The maximum absolute atomic E-state index is 14.3. The Morgan fingerprint density at radius 3 is 2.44 bits per heavy atom. The lowest BCUT2D eigenvalue weighted by Crippen LogP contribution is -2.61. The minimum Gasteiger partial charge on any atom is -0.508 e. The van der Waals surface area contributed by atoms with E-state index in [9.17, 15) is 33.5 Å². The van der Waals surface area contributed by atoms with Crippen molar-refractivity contribution < 1.29 is 38.2 Å². The summed E-state index contributed by atoms with van der Waals surface area (Å²) >= 11 is 14.6. The van der Waals surface area contributed by atoms with Gasteiger partial charge in [-0.2, -0.15) is 4.90 Å². The molecule has 2 aromatic rings. The number of urea groups is 1. The number of benzene rings is 2. The van der Waals surface area contributed by atoms with Crippen LogP contribution in [0.1, 0.15) is 18.4 Å². The molecule has 220 valence electrons. The molecule has 2 aromatic carbocycles. The first-order chi connectivity index (χ1) is 20.4. The van der Waals surface area contributed by atoms with Gasteiger partial charge in [-0.1, -0.05) is 11.6 Å². The maximum Gasteiger partial charge on any atom is 0.328 e. The van der Waals surface area contributed by atoms with Gasteiger partial charge >= 0.3 is 6.03 Å². The molecule has 6 atom stereocenters. The minimum atomic E-state index is -2.13. The van der Waals surface area contributed by atoms with Crippen molar-refractivity contribution in [1.29, 1.82) is 0 Å². The molecule has 1 saturated carbocycles. The van der Waals surface area contributed by atoms with E-state index < -0.39 is 68.9 Å². The standard InChI is InChI=1S/C30H22Cl2FN3O7/c31-29-11-20-18(6-7-19-22(20)25(39)36(24(19)38)28(34)42)23(14-9-13-10-17(37)5-8-21(13)43-12-14)30(29,32)27(41)35(26(29)40)16-3-1-15(33)2-4-16/h1-6,8,10,12,19-20,22-23,37H,7,9,11H2,(H2,34,42). The Hall–Kier alpha value is -4.22. The average molecular weight is 626 g/mol. The van der Waals surface area contributed by atoms with Gasteiger partial charge in [-0.05, 0) is 66.8 Å². The third-order valence-electron chi connectivity index (χ3n) is 9.26. The number of carbonyl (C=O) groups excluding carboxylic acids is 5. The molecule has 43 heavy (non-hydrogen) atoms. The van der Waals surface area contributed by atoms with Crippen molar-refractivity contribution in [3.8, 4) is 11.5 Å². The van der Waals surface area contributed by atoms with E-state index >= 15 is 0 Å². The summed E-state index contributed by atoms with van der Waals surface area (Å²) in [6.07, 6.45) is 3.02. The summed E-state index contributed by atoms with van der Waals surface area (Å²) in [5, 5.41) is 10.1. The number of alkyl halides is 2. The average Bonchev–Trinajstić information content (AvgIpc) is 3.31. The number of rotatable bonds is 2. The Bertz CT molecular complexity index is 1740. The van der Waals surface area contributed by atoms with Crippen molar-refractivity contribution in [3.63, 3.8) is 0 Å². The zero-order valence-corrected chi connectivity index (χ0v) is 23.6. The fourth-order valence-electron chi connectivity index (χ4n) is 7.43. The molecule has 6 unspecified atom stereocenters. The Morgan fingerprint density at radius 2 is 1.74 bits per heavy atom. The van der Waals surface area contributed by atoms with Crippen LogP contribution in [0.15, 0.2) is 65.9 Å². The topological polar surface area (TPSA) is 147 Å². The van der Waals surface area contributed by atoms with Crippen molar-refractivity contribution in [1.82, 2.24) is 4.90 Å². The van der Waals surface area contributed by atoms with Crippen molar-refractivity contribution in [2.24, 2.45) is 29.4 Å². The largest absolute Gasteiger partial charge is 0.508 e. The Morgan fingerprint density at radius 1 is 1.02 bits per heavy atom. The second kappa shape index (κ2) is 9.14. The first-order valence-electron chi connectivity index (χ1n) is 13.5. The molecule has 7 rings (SSSR count). The molecule has 0 radical (unpaired) electrons. The molecular formula is C30H22Cl2FN3O7. The van der Waals surface area contributed by atoms with E-state index in [0.29, 0.717) is 27.4 Å². The SMILES string of the molecule is NC(=O)N1C(=O)C2CC=C3C(CC4(Cl)C(=O)N(c5ccc(F)cc5)C(=O)C4(Cl)C3C3=COc4ccc(O)cc4C3)C2C1=O. The Kier molecular flexibility index (Phi) is 5.87. The van der Waals surface area contributed by atoms with Crippen LogP contribution in [0.3, 0.4) is 0 Å². The minimum absolute atomic E-state index is 0.0201. The number of amides is 6. The number of nitrogens with zero attached hydrogens (tertiary/aromatic N) is 2. The lowest BCUT2D eigenvalue weighted by molar-refractivity contribution is -0.136. The highest BCUT2D eigenvalue weighted by molar-refractivity contribution is 6.58.